The van der Waals surface area contributed by atoms with Crippen LogP contribution in [-0.4, -0.2) is 28.6 Å². The molecule has 0 aliphatic rings. The number of para-hydroxylation sites is 1. The lowest BCUT2D eigenvalue weighted by Gasteiger charge is -2.08. The van der Waals surface area contributed by atoms with Gasteiger partial charge in [-0.05, 0) is 36.8 Å². The maximum Gasteiger partial charge on any atom is 0.259 e. The normalized spacial score (nSPS) is 10.5. The average molecular weight is 366 g/mol. The number of carbonyl (C=O) groups is 2. The monoisotopic (exact) mass is 366 g/mol. The zero-order chi connectivity index (χ0) is 19.4. The highest BCUT2D eigenvalue weighted by molar-refractivity contribution is 6.05. The van der Waals surface area contributed by atoms with Crippen molar-refractivity contribution in [2.75, 3.05) is 12.4 Å². The van der Waals surface area contributed by atoms with Crippen LogP contribution < -0.4 is 10.6 Å². The van der Waals surface area contributed by atoms with Crippen LogP contribution >= 0.6 is 0 Å². The lowest BCUT2D eigenvalue weighted by Crippen LogP contribution is -2.19. The molecule has 6 nitrogen and oxygen atoms in total. The molecule has 0 fully saturated rings. The number of rotatable bonds is 5. The van der Waals surface area contributed by atoms with E-state index in [-0.39, 0.29) is 23.9 Å². The highest BCUT2D eigenvalue weighted by atomic mass is 19.1. The van der Waals surface area contributed by atoms with Crippen LogP contribution in [0, 0.1) is 12.7 Å². The molecule has 2 amide bonds. The largest absolute Gasteiger partial charge is 0.359 e. The molecule has 2 N–H and O–H groups in total. The molecule has 27 heavy (non-hydrogen) atoms. The first-order valence-electron chi connectivity index (χ1n) is 8.40. The fourth-order valence-electron chi connectivity index (χ4n) is 2.68. The number of nitrogens with one attached hydrogen (secondary N) is 2. The van der Waals surface area contributed by atoms with Crippen molar-refractivity contribution >= 4 is 17.5 Å². The van der Waals surface area contributed by atoms with E-state index in [2.05, 4.69) is 15.7 Å². The number of likely N-dealkylation sites (N-methyl/N-ethyl adjacent to an activating group) is 1. The van der Waals surface area contributed by atoms with Crippen molar-refractivity contribution in [2.24, 2.45) is 0 Å². The van der Waals surface area contributed by atoms with E-state index in [0.717, 1.165) is 5.56 Å². The van der Waals surface area contributed by atoms with Gasteiger partial charge in [-0.1, -0.05) is 24.3 Å². The van der Waals surface area contributed by atoms with Crippen LogP contribution in [0.4, 0.5) is 10.1 Å². The second-order valence-corrected chi connectivity index (χ2v) is 6.01. The summed E-state index contributed by atoms with van der Waals surface area (Å²) in [6.07, 6.45) is 1.69. The number of hydrogen-bond acceptors (Lipinski definition) is 3. The van der Waals surface area contributed by atoms with E-state index in [1.54, 1.807) is 56.4 Å². The molecule has 0 saturated carbocycles. The summed E-state index contributed by atoms with van der Waals surface area (Å²) in [5.74, 6) is -0.834. The molecule has 7 heteroatoms. The van der Waals surface area contributed by atoms with Gasteiger partial charge in [-0.3, -0.25) is 9.59 Å². The van der Waals surface area contributed by atoms with E-state index in [0.29, 0.717) is 16.9 Å². The van der Waals surface area contributed by atoms with E-state index in [1.165, 1.54) is 16.9 Å². The lowest BCUT2D eigenvalue weighted by molar-refractivity contribution is -0.119. The predicted molar refractivity (Wildman–Crippen MR) is 100 cm³/mol. The first-order valence-corrected chi connectivity index (χ1v) is 8.40. The van der Waals surface area contributed by atoms with Crippen molar-refractivity contribution in [1.29, 1.82) is 0 Å². The maximum absolute atomic E-state index is 14.0. The summed E-state index contributed by atoms with van der Waals surface area (Å²) >= 11 is 0. The van der Waals surface area contributed by atoms with Crippen LogP contribution in [0.3, 0.4) is 0 Å². The molecule has 3 aromatic rings. The predicted octanol–water partition coefficient (Wildman–Crippen LogP) is 2.86. The van der Waals surface area contributed by atoms with Gasteiger partial charge in [0.15, 0.2) is 0 Å². The molecule has 0 spiro atoms. The second-order valence-electron chi connectivity index (χ2n) is 6.01. The Hall–Kier alpha value is -3.48. The van der Waals surface area contributed by atoms with Crippen LogP contribution in [0.15, 0.2) is 54.7 Å². The molecule has 3 rings (SSSR count). The maximum atomic E-state index is 14.0. The summed E-state index contributed by atoms with van der Waals surface area (Å²) in [7, 11) is 1.58. The minimum atomic E-state index is -0.414. The minimum Gasteiger partial charge on any atom is -0.359 e. The summed E-state index contributed by atoms with van der Waals surface area (Å²) in [5, 5.41) is 9.49. The number of hydrogen-bond donors (Lipinski definition) is 2. The number of anilines is 1. The van der Waals surface area contributed by atoms with Gasteiger partial charge in [0, 0.05) is 12.7 Å². The smallest absolute Gasteiger partial charge is 0.259 e. The van der Waals surface area contributed by atoms with Crippen molar-refractivity contribution in [1.82, 2.24) is 15.1 Å². The van der Waals surface area contributed by atoms with E-state index in [4.69, 9.17) is 0 Å². The standard InChI is InChI=1S/C20H19FN4O2/c1-13-16(12-23-25(13)18-6-4-3-5-17(18)21)20(27)24-15-9-7-14(8-10-15)11-19(26)22-2/h3-10,12H,11H2,1-2H3,(H,22,26)(H,24,27). The third kappa shape index (κ3) is 4.03. The van der Waals surface area contributed by atoms with Crippen LogP contribution in [0.25, 0.3) is 5.69 Å². The SMILES string of the molecule is CNC(=O)Cc1ccc(NC(=O)c2cnn(-c3ccccc3F)c2C)cc1. The van der Waals surface area contributed by atoms with Gasteiger partial charge >= 0.3 is 0 Å². The van der Waals surface area contributed by atoms with Crippen molar-refractivity contribution in [3.8, 4) is 5.69 Å². The van der Waals surface area contributed by atoms with Gasteiger partial charge in [0.25, 0.3) is 5.91 Å². The van der Waals surface area contributed by atoms with Gasteiger partial charge in [-0.2, -0.15) is 5.10 Å². The average Bonchev–Trinajstić information content (AvgIpc) is 3.05. The van der Waals surface area contributed by atoms with Crippen molar-refractivity contribution in [3.63, 3.8) is 0 Å². The number of halogens is 1. The molecule has 0 saturated heterocycles. The zero-order valence-electron chi connectivity index (χ0n) is 15.0. The van der Waals surface area contributed by atoms with E-state index in [1.807, 2.05) is 0 Å². The van der Waals surface area contributed by atoms with Crippen LogP contribution in [-0.2, 0) is 11.2 Å². The van der Waals surface area contributed by atoms with Crippen molar-refractivity contribution in [2.45, 2.75) is 13.3 Å². The van der Waals surface area contributed by atoms with Crippen LogP contribution in [0.2, 0.25) is 0 Å². The highest BCUT2D eigenvalue weighted by Gasteiger charge is 2.17. The molecule has 0 aliphatic heterocycles. The Labute approximate surface area is 156 Å². The molecule has 2 aromatic carbocycles. The number of benzene rings is 2. The summed E-state index contributed by atoms with van der Waals surface area (Å²) in [6, 6.07) is 13.3. The van der Waals surface area contributed by atoms with E-state index >= 15 is 0 Å². The van der Waals surface area contributed by atoms with Gasteiger partial charge in [-0.25, -0.2) is 9.07 Å². The number of carbonyl (C=O) groups excluding carboxylic acids is 2. The first-order chi connectivity index (χ1) is 13.0. The molecular weight excluding hydrogens is 347 g/mol. The molecule has 0 bridgehead atoms. The molecular formula is C20H19FN4O2. The third-order valence-corrected chi connectivity index (χ3v) is 4.19. The fourth-order valence-corrected chi connectivity index (χ4v) is 2.68. The summed E-state index contributed by atoms with van der Waals surface area (Å²) in [4.78, 5) is 23.9. The topological polar surface area (TPSA) is 76.0 Å². The van der Waals surface area contributed by atoms with Crippen molar-refractivity contribution in [3.05, 3.63) is 77.4 Å². The van der Waals surface area contributed by atoms with Gasteiger partial charge in [0.2, 0.25) is 5.91 Å². The number of amides is 2. The van der Waals surface area contributed by atoms with Crippen LogP contribution in [0.1, 0.15) is 21.6 Å². The highest BCUT2D eigenvalue weighted by Crippen LogP contribution is 2.18. The Morgan fingerprint density at radius 2 is 1.81 bits per heavy atom. The molecule has 0 radical (unpaired) electrons. The van der Waals surface area contributed by atoms with Gasteiger partial charge in [0.05, 0.1) is 23.9 Å². The zero-order valence-corrected chi connectivity index (χ0v) is 15.0. The Kier molecular flexibility index (Phi) is 5.30. The Morgan fingerprint density at radius 3 is 2.48 bits per heavy atom. The summed E-state index contributed by atoms with van der Waals surface area (Å²) < 4.78 is 15.4. The Balaban J connectivity index is 1.75. The molecule has 138 valence electrons. The van der Waals surface area contributed by atoms with E-state index < -0.39 is 5.82 Å². The molecule has 0 unspecified atom stereocenters. The Morgan fingerprint density at radius 1 is 1.11 bits per heavy atom. The third-order valence-electron chi connectivity index (χ3n) is 4.19. The van der Waals surface area contributed by atoms with Gasteiger partial charge < -0.3 is 10.6 Å². The summed E-state index contributed by atoms with van der Waals surface area (Å²) in [5.41, 5.74) is 2.61. The van der Waals surface area contributed by atoms with E-state index in [9.17, 15) is 14.0 Å². The molecule has 1 aromatic heterocycles. The second kappa shape index (κ2) is 7.82. The lowest BCUT2D eigenvalue weighted by atomic mass is 10.1. The summed E-state index contributed by atoms with van der Waals surface area (Å²) in [6.45, 7) is 1.71. The fraction of sp³-hybridized carbons (Fsp3) is 0.150. The molecule has 0 atom stereocenters. The van der Waals surface area contributed by atoms with Crippen LogP contribution in [0.5, 0.6) is 0 Å². The quantitative estimate of drug-likeness (QED) is 0.729. The first kappa shape index (κ1) is 18.3. The van der Waals surface area contributed by atoms with Gasteiger partial charge in [0.1, 0.15) is 11.5 Å². The minimum absolute atomic E-state index is 0.0806. The molecule has 0 aliphatic carbocycles. The molecule has 1 heterocycles. The number of aromatic nitrogens is 2. The van der Waals surface area contributed by atoms with Gasteiger partial charge in [-0.15, -0.1) is 0 Å². The Bertz CT molecular complexity index is 980. The number of nitrogens with zero attached hydrogens (tertiary/aromatic N) is 2. The van der Waals surface area contributed by atoms with Crippen molar-refractivity contribution < 1.29 is 14.0 Å².